The van der Waals surface area contributed by atoms with E-state index < -0.39 is 0 Å². The van der Waals surface area contributed by atoms with E-state index in [2.05, 4.69) is 20.3 Å². The minimum Gasteiger partial charge on any atom is -0.437 e. The lowest BCUT2D eigenvalue weighted by molar-refractivity contribution is 0.102. The monoisotopic (exact) mass is 377 g/mol. The van der Waals surface area contributed by atoms with Crippen LogP contribution < -0.4 is 10.1 Å². The Labute approximate surface area is 159 Å². The van der Waals surface area contributed by atoms with Crippen LogP contribution in [-0.2, 0) is 0 Å². The maximum atomic E-state index is 12.8. The second-order valence-electron chi connectivity index (χ2n) is 5.53. The number of hydrogen-bond donors (Lipinski definition) is 1. The molecule has 0 aliphatic rings. The second kappa shape index (κ2) is 7.46. The molecule has 0 saturated carbocycles. The van der Waals surface area contributed by atoms with Crippen molar-refractivity contribution in [1.29, 1.82) is 0 Å². The van der Waals surface area contributed by atoms with Gasteiger partial charge in [-0.1, -0.05) is 23.9 Å². The van der Waals surface area contributed by atoms with Crippen molar-refractivity contribution in [2.24, 2.45) is 0 Å². The molecule has 0 spiro atoms. The van der Waals surface area contributed by atoms with E-state index in [9.17, 15) is 4.79 Å². The first kappa shape index (κ1) is 17.0. The van der Waals surface area contributed by atoms with Gasteiger partial charge in [-0.3, -0.25) is 14.2 Å². The van der Waals surface area contributed by atoms with Gasteiger partial charge in [0.2, 0.25) is 5.88 Å². The molecule has 134 valence electrons. The molecular weight excluding hydrogens is 362 g/mol. The molecule has 4 aromatic rings. The van der Waals surface area contributed by atoms with E-state index in [0.717, 1.165) is 10.7 Å². The van der Waals surface area contributed by atoms with Crippen LogP contribution in [0, 0.1) is 0 Å². The number of ether oxygens (including phenoxy) is 1. The third-order valence-corrected chi connectivity index (χ3v) is 4.42. The predicted molar refractivity (Wildman–Crippen MR) is 103 cm³/mol. The molecule has 3 aromatic heterocycles. The summed E-state index contributed by atoms with van der Waals surface area (Å²) in [6.07, 6.45) is 8.46. The predicted octanol–water partition coefficient (Wildman–Crippen LogP) is 3.89. The molecule has 1 amide bonds. The van der Waals surface area contributed by atoms with Crippen molar-refractivity contribution < 1.29 is 9.53 Å². The van der Waals surface area contributed by atoms with E-state index in [1.54, 1.807) is 36.7 Å². The molecule has 0 aliphatic carbocycles. The molecule has 1 N–H and O–H groups in total. The lowest BCUT2D eigenvalue weighted by Gasteiger charge is -2.07. The van der Waals surface area contributed by atoms with Gasteiger partial charge >= 0.3 is 0 Å². The van der Waals surface area contributed by atoms with Gasteiger partial charge in [0.1, 0.15) is 5.75 Å². The van der Waals surface area contributed by atoms with Crippen molar-refractivity contribution in [3.63, 3.8) is 0 Å². The Morgan fingerprint density at radius 3 is 2.93 bits per heavy atom. The summed E-state index contributed by atoms with van der Waals surface area (Å²) < 4.78 is 7.55. The van der Waals surface area contributed by atoms with Crippen LogP contribution in [0.1, 0.15) is 10.5 Å². The van der Waals surface area contributed by atoms with Crippen LogP contribution in [0.5, 0.6) is 11.6 Å². The van der Waals surface area contributed by atoms with Crippen molar-refractivity contribution in [3.05, 3.63) is 72.9 Å². The number of amides is 1. The van der Waals surface area contributed by atoms with Gasteiger partial charge in [0.05, 0.1) is 11.7 Å². The SMILES string of the molecule is CSc1nc(C(=O)Nc2cccc(Oc3cnccn3)c2)c2ccccn12. The number of fused-ring (bicyclic) bond motifs is 1. The highest BCUT2D eigenvalue weighted by Crippen LogP contribution is 2.24. The quantitative estimate of drug-likeness (QED) is 0.532. The lowest BCUT2D eigenvalue weighted by Crippen LogP contribution is -2.12. The summed E-state index contributed by atoms with van der Waals surface area (Å²) in [5.74, 6) is 0.647. The molecule has 4 rings (SSSR count). The molecule has 0 fully saturated rings. The molecule has 7 nitrogen and oxygen atoms in total. The number of thioether (sulfide) groups is 1. The van der Waals surface area contributed by atoms with E-state index in [1.807, 2.05) is 35.1 Å². The zero-order valence-corrected chi connectivity index (χ0v) is 15.2. The van der Waals surface area contributed by atoms with Gasteiger partial charge in [0.15, 0.2) is 10.9 Å². The third kappa shape index (κ3) is 3.61. The van der Waals surface area contributed by atoms with Crippen molar-refractivity contribution in [2.75, 3.05) is 11.6 Å². The summed E-state index contributed by atoms with van der Waals surface area (Å²) >= 11 is 1.49. The Balaban J connectivity index is 1.58. The minimum absolute atomic E-state index is 0.282. The number of imidazole rings is 1. The molecule has 0 bridgehead atoms. The van der Waals surface area contributed by atoms with Crippen LogP contribution in [0.2, 0.25) is 0 Å². The van der Waals surface area contributed by atoms with Gasteiger partial charge in [-0.05, 0) is 30.5 Å². The van der Waals surface area contributed by atoms with Gasteiger partial charge in [-0.15, -0.1) is 0 Å². The highest BCUT2D eigenvalue weighted by atomic mass is 32.2. The molecule has 0 radical (unpaired) electrons. The lowest BCUT2D eigenvalue weighted by atomic mass is 10.2. The third-order valence-electron chi connectivity index (χ3n) is 3.77. The molecule has 1 aromatic carbocycles. The van der Waals surface area contributed by atoms with E-state index in [0.29, 0.717) is 23.0 Å². The van der Waals surface area contributed by atoms with E-state index in [4.69, 9.17) is 4.74 Å². The molecule has 0 saturated heterocycles. The first-order valence-corrected chi connectivity index (χ1v) is 9.33. The standard InChI is InChI=1S/C19H15N5O2S/c1-27-19-23-17(15-7-2-3-10-24(15)19)18(25)22-13-5-4-6-14(11-13)26-16-12-20-8-9-21-16/h2-12H,1H3,(H,22,25). The molecule has 0 atom stereocenters. The zero-order chi connectivity index (χ0) is 18.6. The van der Waals surface area contributed by atoms with Gasteiger partial charge in [-0.2, -0.15) is 0 Å². The Hall–Kier alpha value is -3.39. The summed E-state index contributed by atoms with van der Waals surface area (Å²) in [6, 6.07) is 12.7. The number of aromatic nitrogens is 4. The Morgan fingerprint density at radius 1 is 1.19 bits per heavy atom. The van der Waals surface area contributed by atoms with Gasteiger partial charge in [0, 0.05) is 30.3 Å². The smallest absolute Gasteiger partial charge is 0.276 e. The van der Waals surface area contributed by atoms with Crippen LogP contribution in [0.15, 0.2) is 72.4 Å². The van der Waals surface area contributed by atoms with E-state index >= 15 is 0 Å². The maximum Gasteiger partial charge on any atom is 0.276 e. The number of carbonyl (C=O) groups excluding carboxylic acids is 1. The number of carbonyl (C=O) groups is 1. The molecule has 3 heterocycles. The average Bonchev–Trinajstić information content (AvgIpc) is 3.08. The van der Waals surface area contributed by atoms with Gasteiger partial charge in [0.25, 0.3) is 5.91 Å². The molecule has 0 unspecified atom stereocenters. The number of anilines is 1. The molecule has 0 aliphatic heterocycles. The summed E-state index contributed by atoms with van der Waals surface area (Å²) in [5.41, 5.74) is 1.73. The molecular formula is C19H15N5O2S. The van der Waals surface area contributed by atoms with Crippen molar-refractivity contribution in [1.82, 2.24) is 19.4 Å². The summed E-state index contributed by atoms with van der Waals surface area (Å²) in [4.78, 5) is 25.3. The van der Waals surface area contributed by atoms with Crippen molar-refractivity contribution in [2.45, 2.75) is 5.16 Å². The summed E-state index contributed by atoms with van der Waals surface area (Å²) in [6.45, 7) is 0. The Bertz CT molecular complexity index is 1100. The fourth-order valence-corrected chi connectivity index (χ4v) is 3.15. The highest BCUT2D eigenvalue weighted by molar-refractivity contribution is 7.98. The zero-order valence-electron chi connectivity index (χ0n) is 14.4. The normalized spacial score (nSPS) is 10.7. The molecule has 8 heteroatoms. The fraction of sp³-hybridized carbons (Fsp3) is 0.0526. The number of rotatable bonds is 5. The number of hydrogen-bond acceptors (Lipinski definition) is 6. The number of pyridine rings is 1. The fourth-order valence-electron chi connectivity index (χ4n) is 2.61. The van der Waals surface area contributed by atoms with Crippen molar-refractivity contribution >= 4 is 28.9 Å². The Morgan fingerprint density at radius 2 is 2.11 bits per heavy atom. The van der Waals surface area contributed by atoms with Crippen molar-refractivity contribution in [3.8, 4) is 11.6 Å². The van der Waals surface area contributed by atoms with E-state index in [-0.39, 0.29) is 5.91 Å². The maximum absolute atomic E-state index is 12.8. The minimum atomic E-state index is -0.282. The van der Waals surface area contributed by atoms with Crippen LogP contribution >= 0.6 is 11.8 Å². The van der Waals surface area contributed by atoms with Crippen LogP contribution in [0.3, 0.4) is 0 Å². The summed E-state index contributed by atoms with van der Waals surface area (Å²) in [5, 5.41) is 3.63. The van der Waals surface area contributed by atoms with Crippen LogP contribution in [-0.4, -0.2) is 31.5 Å². The highest BCUT2D eigenvalue weighted by Gasteiger charge is 2.17. The topological polar surface area (TPSA) is 81.4 Å². The number of nitrogens with one attached hydrogen (secondary N) is 1. The van der Waals surface area contributed by atoms with Gasteiger partial charge < -0.3 is 10.1 Å². The van der Waals surface area contributed by atoms with E-state index in [1.165, 1.54) is 18.0 Å². The Kier molecular flexibility index (Phi) is 4.71. The number of benzene rings is 1. The first-order valence-electron chi connectivity index (χ1n) is 8.11. The van der Waals surface area contributed by atoms with Gasteiger partial charge in [-0.25, -0.2) is 9.97 Å². The average molecular weight is 377 g/mol. The summed E-state index contributed by atoms with van der Waals surface area (Å²) in [7, 11) is 0. The second-order valence-corrected chi connectivity index (χ2v) is 6.30. The number of nitrogens with zero attached hydrogens (tertiary/aromatic N) is 4. The first-order chi connectivity index (χ1) is 13.2. The largest absolute Gasteiger partial charge is 0.437 e. The van der Waals surface area contributed by atoms with Crippen LogP contribution in [0.25, 0.3) is 5.52 Å². The molecule has 27 heavy (non-hydrogen) atoms. The van der Waals surface area contributed by atoms with Crippen LogP contribution in [0.4, 0.5) is 5.69 Å².